The predicted octanol–water partition coefficient (Wildman–Crippen LogP) is 5.55. The summed E-state index contributed by atoms with van der Waals surface area (Å²) < 4.78 is 44.7. The molecule has 2 atom stereocenters. The highest BCUT2D eigenvalue weighted by molar-refractivity contribution is 5.80. The zero-order chi connectivity index (χ0) is 24.6. The van der Waals surface area contributed by atoms with E-state index < -0.39 is 23.6 Å². The summed E-state index contributed by atoms with van der Waals surface area (Å²) in [5.74, 6) is -0.207. The number of carbonyl (C=O) groups is 1. The average molecular weight is 481 g/mol. The number of benzene rings is 1. The zero-order valence-electron chi connectivity index (χ0n) is 18.1. The number of hydrogen-bond donors (Lipinski definition) is 1. The molecular weight excluding hydrogens is 463 g/mol. The van der Waals surface area contributed by atoms with Crippen molar-refractivity contribution in [3.8, 4) is 28.5 Å². The maximum absolute atomic E-state index is 12.9. The van der Waals surface area contributed by atoms with Crippen LogP contribution in [0.3, 0.4) is 0 Å². The van der Waals surface area contributed by atoms with Crippen molar-refractivity contribution >= 4 is 16.9 Å². The minimum absolute atomic E-state index is 0.197. The summed E-state index contributed by atoms with van der Waals surface area (Å²) in [5.41, 5.74) is 1.98. The van der Waals surface area contributed by atoms with Crippen LogP contribution in [-0.2, 0) is 11.0 Å². The fraction of sp³-hybridized carbons (Fsp3) is 0.250. The Morgan fingerprint density at radius 2 is 1.83 bits per heavy atom. The third kappa shape index (κ3) is 4.75. The number of alkyl halides is 3. The van der Waals surface area contributed by atoms with E-state index in [9.17, 15) is 22.9 Å². The van der Waals surface area contributed by atoms with Gasteiger partial charge < -0.3 is 9.72 Å². The van der Waals surface area contributed by atoms with Crippen LogP contribution in [0.2, 0.25) is 0 Å². The van der Waals surface area contributed by atoms with Crippen LogP contribution in [0, 0.1) is 10.8 Å². The number of rotatable bonds is 5. The van der Waals surface area contributed by atoms with Crippen molar-refractivity contribution in [1.29, 1.82) is 0 Å². The van der Waals surface area contributed by atoms with Gasteiger partial charge in [0.15, 0.2) is 0 Å². The second-order valence-corrected chi connectivity index (χ2v) is 8.31. The van der Waals surface area contributed by atoms with E-state index in [1.54, 1.807) is 36.7 Å². The van der Waals surface area contributed by atoms with Gasteiger partial charge in [0.1, 0.15) is 11.9 Å². The molecule has 35 heavy (non-hydrogen) atoms. The topological polar surface area (TPSA) is 110 Å². The van der Waals surface area contributed by atoms with Crippen molar-refractivity contribution in [2.75, 3.05) is 0 Å². The van der Waals surface area contributed by atoms with Crippen LogP contribution in [0.25, 0.3) is 33.7 Å². The summed E-state index contributed by atoms with van der Waals surface area (Å²) in [6, 6.07) is 10.4. The van der Waals surface area contributed by atoms with E-state index in [-0.39, 0.29) is 11.6 Å². The smallest absolute Gasteiger partial charge is 0.416 e. The molecular formula is C24H18F3N5O3. The number of halogens is 3. The van der Waals surface area contributed by atoms with Crippen molar-refractivity contribution in [1.82, 2.24) is 19.9 Å². The van der Waals surface area contributed by atoms with E-state index in [1.165, 1.54) is 6.07 Å². The van der Waals surface area contributed by atoms with Gasteiger partial charge in [-0.1, -0.05) is 0 Å². The van der Waals surface area contributed by atoms with Crippen LogP contribution in [0.5, 0.6) is 5.88 Å². The van der Waals surface area contributed by atoms with Crippen molar-refractivity contribution in [3.63, 3.8) is 0 Å². The van der Waals surface area contributed by atoms with Crippen LogP contribution < -0.4 is 4.74 Å². The fourth-order valence-corrected chi connectivity index (χ4v) is 4.14. The molecule has 1 fully saturated rings. The number of carbonyl (C=O) groups excluding carboxylic acids is 1. The highest BCUT2D eigenvalue weighted by Gasteiger charge is 2.32. The number of nitrogens with one attached hydrogen (secondary N) is 1. The van der Waals surface area contributed by atoms with Crippen molar-refractivity contribution in [2.45, 2.75) is 31.5 Å². The monoisotopic (exact) mass is 481 g/mol. The Labute approximate surface area is 196 Å². The standard InChI is InChI=1S/C24H18F3N5O3/c25-24(26,27)16-4-7-19-20(10-16)31-22(30-19)15-2-6-18(28-12-15)14-3-8-21(29-11-14)35-17-5-1-13(9-17)23(33)32-34/h2-4,6-8,10-13,17H,1,5,9H2,(H,30,31)/t13-,17-/m1/s1. The van der Waals surface area contributed by atoms with Crippen LogP contribution in [0.1, 0.15) is 24.8 Å². The summed E-state index contributed by atoms with van der Waals surface area (Å²) in [5, 5.41) is 2.49. The van der Waals surface area contributed by atoms with Crippen LogP contribution >= 0.6 is 0 Å². The van der Waals surface area contributed by atoms with Gasteiger partial charge in [-0.05, 0) is 55.7 Å². The lowest BCUT2D eigenvalue weighted by Gasteiger charge is -2.12. The van der Waals surface area contributed by atoms with Gasteiger partial charge >= 0.3 is 6.18 Å². The molecule has 0 aliphatic heterocycles. The van der Waals surface area contributed by atoms with E-state index in [2.05, 4.69) is 25.1 Å². The highest BCUT2D eigenvalue weighted by atomic mass is 19.4. The third-order valence-corrected chi connectivity index (χ3v) is 5.99. The first-order valence-electron chi connectivity index (χ1n) is 10.8. The van der Waals surface area contributed by atoms with Crippen molar-refractivity contribution < 1.29 is 22.7 Å². The molecule has 0 saturated heterocycles. The molecule has 1 aliphatic rings. The number of ether oxygens (including phenoxy) is 1. The summed E-state index contributed by atoms with van der Waals surface area (Å²) in [6.45, 7) is 0. The minimum Gasteiger partial charge on any atom is -0.474 e. The molecule has 0 spiro atoms. The molecule has 3 heterocycles. The number of aromatic amines is 1. The van der Waals surface area contributed by atoms with Gasteiger partial charge in [0.2, 0.25) is 5.88 Å². The summed E-state index contributed by atoms with van der Waals surface area (Å²) >= 11 is 0. The molecule has 0 bridgehead atoms. The molecule has 0 radical (unpaired) electrons. The fourth-order valence-electron chi connectivity index (χ4n) is 4.14. The lowest BCUT2D eigenvalue weighted by molar-refractivity contribution is -0.137. The number of amides is 1. The number of H-pyrrole nitrogens is 1. The van der Waals surface area contributed by atoms with E-state index in [0.717, 1.165) is 17.7 Å². The first-order chi connectivity index (χ1) is 16.8. The second-order valence-electron chi connectivity index (χ2n) is 8.31. The Morgan fingerprint density at radius 3 is 2.51 bits per heavy atom. The molecule has 8 nitrogen and oxygen atoms in total. The Bertz CT molecular complexity index is 1380. The van der Waals surface area contributed by atoms with E-state index >= 15 is 0 Å². The Morgan fingerprint density at radius 1 is 1.03 bits per heavy atom. The average Bonchev–Trinajstić information content (AvgIpc) is 3.50. The Balaban J connectivity index is 1.27. The van der Waals surface area contributed by atoms with Gasteiger partial charge in [-0.15, -0.1) is 4.91 Å². The molecule has 1 aromatic carbocycles. The largest absolute Gasteiger partial charge is 0.474 e. The molecule has 1 aliphatic carbocycles. The number of hydrogen-bond acceptors (Lipinski definition) is 6. The quantitative estimate of drug-likeness (QED) is 0.375. The number of nitrogens with zero attached hydrogens (tertiary/aromatic N) is 4. The molecule has 3 aromatic heterocycles. The van der Waals surface area contributed by atoms with Crippen molar-refractivity contribution in [2.24, 2.45) is 11.1 Å². The van der Waals surface area contributed by atoms with Gasteiger partial charge in [0.05, 0.1) is 22.3 Å². The molecule has 5 rings (SSSR count). The van der Waals surface area contributed by atoms with Crippen LogP contribution in [0.4, 0.5) is 13.2 Å². The van der Waals surface area contributed by atoms with Gasteiger partial charge in [-0.3, -0.25) is 9.78 Å². The Kier molecular flexibility index (Phi) is 5.75. The third-order valence-electron chi connectivity index (χ3n) is 5.99. The van der Waals surface area contributed by atoms with Gasteiger partial charge in [0.25, 0.3) is 5.91 Å². The number of aromatic nitrogens is 4. The van der Waals surface area contributed by atoms with E-state index in [1.807, 2.05) is 0 Å². The lowest BCUT2D eigenvalue weighted by atomic mass is 10.1. The maximum Gasteiger partial charge on any atom is 0.416 e. The highest BCUT2D eigenvalue weighted by Crippen LogP contribution is 2.32. The van der Waals surface area contributed by atoms with Crippen LogP contribution in [0.15, 0.2) is 60.0 Å². The molecule has 0 unspecified atom stereocenters. The molecule has 1 N–H and O–H groups in total. The number of pyridine rings is 2. The number of imidazole rings is 1. The van der Waals surface area contributed by atoms with Crippen molar-refractivity contribution in [3.05, 3.63) is 65.3 Å². The molecule has 1 amide bonds. The number of fused-ring (bicyclic) bond motifs is 1. The van der Waals surface area contributed by atoms with Gasteiger partial charge in [0, 0.05) is 40.7 Å². The molecule has 4 aromatic rings. The molecule has 1 saturated carbocycles. The molecule has 11 heteroatoms. The summed E-state index contributed by atoms with van der Waals surface area (Å²) in [7, 11) is 0. The second kappa shape index (κ2) is 8.90. The first kappa shape index (κ1) is 22.6. The lowest BCUT2D eigenvalue weighted by Crippen LogP contribution is -2.15. The molecule has 178 valence electrons. The predicted molar refractivity (Wildman–Crippen MR) is 120 cm³/mol. The normalized spacial score (nSPS) is 18.0. The van der Waals surface area contributed by atoms with Crippen LogP contribution in [-0.4, -0.2) is 31.9 Å². The summed E-state index contributed by atoms with van der Waals surface area (Å²) in [4.78, 5) is 37.8. The minimum atomic E-state index is -4.43. The first-order valence-corrected chi connectivity index (χ1v) is 10.8. The number of nitroso groups, excluding NO2 is 1. The Hall–Kier alpha value is -4.15. The van der Waals surface area contributed by atoms with Gasteiger partial charge in [-0.2, -0.15) is 13.2 Å². The SMILES string of the molecule is O=NC(=O)[C@@H]1CC[C@@H](Oc2ccc(-c3ccc(-c4nc5cc(C(F)(F)F)ccc5[nH]4)cn3)cn2)C1. The van der Waals surface area contributed by atoms with Gasteiger partial charge in [-0.25, -0.2) is 9.97 Å². The maximum atomic E-state index is 12.9. The van der Waals surface area contributed by atoms with E-state index in [0.29, 0.717) is 47.7 Å². The zero-order valence-corrected chi connectivity index (χ0v) is 18.1. The van der Waals surface area contributed by atoms with E-state index in [4.69, 9.17) is 4.74 Å². The summed E-state index contributed by atoms with van der Waals surface area (Å²) in [6.07, 6.45) is 0.224.